The smallest absolute Gasteiger partial charge is 0.257 e. The first-order valence-electron chi connectivity index (χ1n) is 8.65. The van der Waals surface area contributed by atoms with Crippen LogP contribution in [0.3, 0.4) is 0 Å². The van der Waals surface area contributed by atoms with Crippen molar-refractivity contribution in [3.63, 3.8) is 0 Å². The van der Waals surface area contributed by atoms with Crippen LogP contribution in [-0.4, -0.2) is 16.9 Å². The molecule has 1 aliphatic rings. The molecule has 1 aromatic heterocycles. The highest BCUT2D eigenvalue weighted by Crippen LogP contribution is 2.37. The van der Waals surface area contributed by atoms with Crippen LogP contribution in [0.5, 0.6) is 0 Å². The van der Waals surface area contributed by atoms with Crippen LogP contribution in [0.4, 0.5) is 5.00 Å². The lowest BCUT2D eigenvalue weighted by molar-refractivity contribution is 0.0975. The molecule has 0 radical (unpaired) electrons. The molecule has 1 aliphatic carbocycles. The standard InChI is InChI=1S/C19H21N3O2S2/c1-2-11-7-9-12(10-8-11)17(24)21-19(25)22-18-15(16(20)23)13-5-3-4-6-14(13)26-18/h7-10H,2-6H2,1H3,(H2,20,23)(H2,21,22,24,25). The number of amides is 2. The normalized spacial score (nSPS) is 13.0. The van der Waals surface area contributed by atoms with Crippen molar-refractivity contribution in [3.05, 3.63) is 51.4 Å². The highest BCUT2D eigenvalue weighted by Gasteiger charge is 2.24. The molecular formula is C19H21N3O2S2. The van der Waals surface area contributed by atoms with Crippen molar-refractivity contribution < 1.29 is 9.59 Å². The fourth-order valence-corrected chi connectivity index (χ4v) is 4.67. The minimum atomic E-state index is -0.462. The van der Waals surface area contributed by atoms with Crippen molar-refractivity contribution in [2.45, 2.75) is 39.0 Å². The molecule has 0 spiro atoms. The van der Waals surface area contributed by atoms with Gasteiger partial charge in [-0.25, -0.2) is 0 Å². The van der Waals surface area contributed by atoms with Crippen LogP contribution in [0.15, 0.2) is 24.3 Å². The number of hydrogen-bond donors (Lipinski definition) is 3. The SMILES string of the molecule is CCc1ccc(C(=O)NC(=S)Nc2sc3c(c2C(N)=O)CCCC3)cc1. The van der Waals surface area contributed by atoms with E-state index in [1.807, 2.05) is 12.1 Å². The van der Waals surface area contributed by atoms with Crippen LogP contribution in [-0.2, 0) is 19.3 Å². The summed E-state index contributed by atoms with van der Waals surface area (Å²) in [5.41, 5.74) is 8.81. The van der Waals surface area contributed by atoms with E-state index in [1.165, 1.54) is 16.2 Å². The largest absolute Gasteiger partial charge is 0.365 e. The monoisotopic (exact) mass is 387 g/mol. The number of nitrogens with two attached hydrogens (primary N) is 1. The van der Waals surface area contributed by atoms with Gasteiger partial charge in [0, 0.05) is 10.4 Å². The van der Waals surface area contributed by atoms with E-state index in [0.29, 0.717) is 16.1 Å². The van der Waals surface area contributed by atoms with E-state index in [9.17, 15) is 9.59 Å². The maximum absolute atomic E-state index is 12.3. The fourth-order valence-electron chi connectivity index (χ4n) is 3.12. The Morgan fingerprint density at radius 2 is 1.88 bits per heavy atom. The van der Waals surface area contributed by atoms with Gasteiger partial charge in [0.1, 0.15) is 5.00 Å². The number of benzene rings is 1. The van der Waals surface area contributed by atoms with Gasteiger partial charge in [0.25, 0.3) is 11.8 Å². The van der Waals surface area contributed by atoms with Gasteiger partial charge in [-0.15, -0.1) is 11.3 Å². The molecule has 0 aliphatic heterocycles. The van der Waals surface area contributed by atoms with E-state index in [1.54, 1.807) is 12.1 Å². The zero-order chi connectivity index (χ0) is 18.7. The summed E-state index contributed by atoms with van der Waals surface area (Å²) in [6.07, 6.45) is 4.89. The number of thiophene rings is 1. The summed E-state index contributed by atoms with van der Waals surface area (Å²) in [7, 11) is 0. The third-order valence-electron chi connectivity index (χ3n) is 4.50. The molecule has 7 heteroatoms. The first kappa shape index (κ1) is 18.5. The Hall–Kier alpha value is -2.25. The highest BCUT2D eigenvalue weighted by molar-refractivity contribution is 7.80. The summed E-state index contributed by atoms with van der Waals surface area (Å²) >= 11 is 6.75. The van der Waals surface area contributed by atoms with Crippen molar-refractivity contribution in [2.24, 2.45) is 5.73 Å². The molecule has 5 nitrogen and oxygen atoms in total. The number of carbonyl (C=O) groups excluding carboxylic acids is 2. The molecule has 0 atom stereocenters. The van der Waals surface area contributed by atoms with E-state index < -0.39 is 5.91 Å². The van der Waals surface area contributed by atoms with E-state index in [0.717, 1.165) is 43.2 Å². The Bertz CT molecular complexity index is 856. The molecule has 0 fully saturated rings. The molecule has 1 heterocycles. The van der Waals surface area contributed by atoms with Crippen molar-refractivity contribution in [3.8, 4) is 0 Å². The average Bonchev–Trinajstić information content (AvgIpc) is 2.99. The van der Waals surface area contributed by atoms with Gasteiger partial charge in [-0.2, -0.15) is 0 Å². The number of nitrogens with one attached hydrogen (secondary N) is 2. The second kappa shape index (κ2) is 7.97. The van der Waals surface area contributed by atoms with Crippen LogP contribution in [0, 0.1) is 0 Å². The van der Waals surface area contributed by atoms with Gasteiger partial charge < -0.3 is 11.1 Å². The fraction of sp³-hybridized carbons (Fsp3) is 0.316. The lowest BCUT2D eigenvalue weighted by Gasteiger charge is -2.11. The first-order chi connectivity index (χ1) is 12.5. The molecule has 26 heavy (non-hydrogen) atoms. The lowest BCUT2D eigenvalue weighted by Crippen LogP contribution is -2.34. The summed E-state index contributed by atoms with van der Waals surface area (Å²) in [5.74, 6) is -0.747. The minimum absolute atomic E-state index is 0.163. The topological polar surface area (TPSA) is 84.2 Å². The van der Waals surface area contributed by atoms with Gasteiger partial charge in [-0.3, -0.25) is 14.9 Å². The average molecular weight is 388 g/mol. The Balaban J connectivity index is 1.72. The van der Waals surface area contributed by atoms with Crippen LogP contribution in [0.25, 0.3) is 0 Å². The second-order valence-electron chi connectivity index (χ2n) is 6.24. The molecule has 2 amide bonds. The molecule has 2 aromatic rings. The van der Waals surface area contributed by atoms with E-state index in [-0.39, 0.29) is 11.0 Å². The molecule has 136 valence electrons. The second-order valence-corrected chi connectivity index (χ2v) is 7.75. The third-order valence-corrected chi connectivity index (χ3v) is 5.91. The van der Waals surface area contributed by atoms with E-state index >= 15 is 0 Å². The molecule has 3 rings (SSSR count). The van der Waals surface area contributed by atoms with E-state index in [2.05, 4.69) is 17.6 Å². The van der Waals surface area contributed by atoms with Crippen LogP contribution in [0.2, 0.25) is 0 Å². The van der Waals surface area contributed by atoms with Gasteiger partial charge in [-0.05, 0) is 67.6 Å². The summed E-state index contributed by atoms with van der Waals surface area (Å²) in [4.78, 5) is 25.4. The summed E-state index contributed by atoms with van der Waals surface area (Å²) in [6.45, 7) is 2.06. The Morgan fingerprint density at radius 1 is 1.19 bits per heavy atom. The number of fused-ring (bicyclic) bond motifs is 1. The zero-order valence-corrected chi connectivity index (χ0v) is 16.2. The molecule has 1 aromatic carbocycles. The molecule has 0 bridgehead atoms. The quantitative estimate of drug-likeness (QED) is 0.702. The number of anilines is 1. The molecular weight excluding hydrogens is 366 g/mol. The van der Waals surface area contributed by atoms with Crippen LogP contribution in [0.1, 0.15) is 56.5 Å². The van der Waals surface area contributed by atoms with Gasteiger partial charge in [-0.1, -0.05) is 19.1 Å². The maximum atomic E-state index is 12.3. The Labute approximate surface area is 162 Å². The lowest BCUT2D eigenvalue weighted by atomic mass is 9.95. The number of thiocarbonyl (C=S) groups is 1. The van der Waals surface area contributed by atoms with Crippen molar-refractivity contribution >= 4 is 45.5 Å². The van der Waals surface area contributed by atoms with E-state index in [4.69, 9.17) is 18.0 Å². The van der Waals surface area contributed by atoms with Gasteiger partial charge in [0.05, 0.1) is 5.56 Å². The predicted molar refractivity (Wildman–Crippen MR) is 109 cm³/mol. The van der Waals surface area contributed by atoms with Crippen molar-refractivity contribution in [2.75, 3.05) is 5.32 Å². The number of rotatable bonds is 4. The van der Waals surface area contributed by atoms with Gasteiger partial charge in [0.2, 0.25) is 0 Å². The Kier molecular flexibility index (Phi) is 5.68. The number of aryl methyl sites for hydroxylation is 2. The van der Waals surface area contributed by atoms with Crippen molar-refractivity contribution in [1.82, 2.24) is 5.32 Å². The third kappa shape index (κ3) is 3.94. The molecule has 4 N–H and O–H groups in total. The molecule has 0 saturated carbocycles. The van der Waals surface area contributed by atoms with Crippen LogP contribution < -0.4 is 16.4 Å². The number of carbonyl (C=O) groups is 2. The summed E-state index contributed by atoms with van der Waals surface area (Å²) in [5, 5.41) is 6.44. The maximum Gasteiger partial charge on any atom is 0.257 e. The zero-order valence-electron chi connectivity index (χ0n) is 14.6. The van der Waals surface area contributed by atoms with Gasteiger partial charge in [0.15, 0.2) is 5.11 Å². The van der Waals surface area contributed by atoms with Crippen LogP contribution >= 0.6 is 23.6 Å². The summed E-state index contributed by atoms with van der Waals surface area (Å²) in [6, 6.07) is 7.39. The minimum Gasteiger partial charge on any atom is -0.365 e. The predicted octanol–water partition coefficient (Wildman–Crippen LogP) is 3.42. The number of primary amides is 1. The highest BCUT2D eigenvalue weighted by atomic mass is 32.1. The molecule has 0 unspecified atom stereocenters. The Morgan fingerprint density at radius 3 is 2.54 bits per heavy atom. The van der Waals surface area contributed by atoms with Gasteiger partial charge >= 0.3 is 0 Å². The number of hydrogen-bond acceptors (Lipinski definition) is 4. The summed E-state index contributed by atoms with van der Waals surface area (Å²) < 4.78 is 0. The first-order valence-corrected chi connectivity index (χ1v) is 9.87. The van der Waals surface area contributed by atoms with Crippen molar-refractivity contribution in [1.29, 1.82) is 0 Å². The molecule has 0 saturated heterocycles.